The van der Waals surface area contributed by atoms with Crippen molar-refractivity contribution >= 4 is 17.3 Å². The summed E-state index contributed by atoms with van der Waals surface area (Å²) in [7, 11) is 0. The van der Waals surface area contributed by atoms with Gasteiger partial charge in [-0.2, -0.15) is 0 Å². The summed E-state index contributed by atoms with van der Waals surface area (Å²) in [4.78, 5) is 18.5. The van der Waals surface area contributed by atoms with E-state index in [1.807, 2.05) is 0 Å². The van der Waals surface area contributed by atoms with Gasteiger partial charge in [-0.25, -0.2) is 15.8 Å². The van der Waals surface area contributed by atoms with Crippen LogP contribution in [0.3, 0.4) is 0 Å². The number of hydrogen-bond donors (Lipinski definition) is 3. The molecule has 0 spiro atoms. The molecule has 2 bridgehead atoms. The lowest BCUT2D eigenvalue weighted by molar-refractivity contribution is -0.383. The number of nitrogen functional groups attached to an aromatic ring is 1. The van der Waals surface area contributed by atoms with Gasteiger partial charge in [0.1, 0.15) is 6.33 Å². The molecule has 3 aliphatic rings. The number of hydrazine groups is 1. The van der Waals surface area contributed by atoms with Crippen LogP contribution in [0.4, 0.5) is 17.3 Å². The van der Waals surface area contributed by atoms with Crippen molar-refractivity contribution in [2.75, 3.05) is 10.7 Å². The van der Waals surface area contributed by atoms with Gasteiger partial charge in [0.25, 0.3) is 0 Å². The highest BCUT2D eigenvalue weighted by molar-refractivity contribution is 5.69. The van der Waals surface area contributed by atoms with E-state index in [2.05, 4.69) is 20.7 Å². The minimum Gasteiger partial charge on any atom is -0.361 e. The molecule has 4 N–H and O–H groups in total. The van der Waals surface area contributed by atoms with Crippen LogP contribution in [-0.4, -0.2) is 20.9 Å². The first kappa shape index (κ1) is 11.8. The molecule has 4 rings (SSSR count). The third kappa shape index (κ3) is 1.51. The van der Waals surface area contributed by atoms with Crippen LogP contribution in [-0.2, 0) is 0 Å². The highest BCUT2D eigenvalue weighted by atomic mass is 16.6. The Bertz CT molecular complexity index is 563. The van der Waals surface area contributed by atoms with Crippen LogP contribution in [0.2, 0.25) is 0 Å². The summed E-state index contributed by atoms with van der Waals surface area (Å²) >= 11 is 0. The van der Waals surface area contributed by atoms with Crippen LogP contribution in [0, 0.1) is 33.8 Å². The Labute approximate surface area is 115 Å². The Morgan fingerprint density at radius 3 is 2.50 bits per heavy atom. The molecular weight excluding hydrogens is 260 g/mol. The maximum Gasteiger partial charge on any atom is 0.354 e. The number of nitro groups is 1. The van der Waals surface area contributed by atoms with E-state index in [1.165, 1.54) is 25.6 Å². The zero-order valence-corrected chi connectivity index (χ0v) is 10.8. The Morgan fingerprint density at radius 2 is 1.90 bits per heavy atom. The average molecular weight is 276 g/mol. The van der Waals surface area contributed by atoms with Crippen molar-refractivity contribution in [3.63, 3.8) is 0 Å². The molecule has 20 heavy (non-hydrogen) atoms. The lowest BCUT2D eigenvalue weighted by Gasteiger charge is -2.12. The van der Waals surface area contributed by atoms with E-state index in [1.54, 1.807) is 0 Å². The highest BCUT2D eigenvalue weighted by Crippen LogP contribution is 2.66. The van der Waals surface area contributed by atoms with Crippen LogP contribution in [0.15, 0.2) is 6.33 Å². The third-order valence-corrected chi connectivity index (χ3v) is 5.18. The molecule has 0 radical (unpaired) electrons. The van der Waals surface area contributed by atoms with E-state index in [0.29, 0.717) is 17.9 Å². The molecule has 8 heteroatoms. The normalized spacial score (nSPS) is 36.5. The van der Waals surface area contributed by atoms with Gasteiger partial charge in [-0.3, -0.25) is 10.1 Å². The van der Waals surface area contributed by atoms with Gasteiger partial charge in [-0.1, -0.05) is 0 Å². The Hall–Kier alpha value is -1.96. The lowest BCUT2D eigenvalue weighted by atomic mass is 10.0. The van der Waals surface area contributed by atoms with Gasteiger partial charge < -0.3 is 10.7 Å². The predicted molar refractivity (Wildman–Crippen MR) is 71.7 cm³/mol. The lowest BCUT2D eigenvalue weighted by Crippen LogP contribution is -2.17. The number of nitrogens with two attached hydrogens (primary N) is 1. The third-order valence-electron chi connectivity index (χ3n) is 5.18. The molecule has 106 valence electrons. The summed E-state index contributed by atoms with van der Waals surface area (Å²) < 4.78 is 0. The monoisotopic (exact) mass is 276 g/mol. The molecule has 4 unspecified atom stereocenters. The van der Waals surface area contributed by atoms with E-state index in [0.717, 1.165) is 11.8 Å². The number of aromatic nitrogens is 2. The first-order valence-electron chi connectivity index (χ1n) is 6.93. The van der Waals surface area contributed by atoms with Gasteiger partial charge in [-0.15, -0.1) is 0 Å². The molecule has 0 saturated heterocycles. The van der Waals surface area contributed by atoms with E-state index >= 15 is 0 Å². The van der Waals surface area contributed by atoms with Gasteiger partial charge >= 0.3 is 5.69 Å². The number of anilines is 2. The van der Waals surface area contributed by atoms with Crippen molar-refractivity contribution in [3.05, 3.63) is 16.4 Å². The van der Waals surface area contributed by atoms with Crippen molar-refractivity contribution < 1.29 is 4.92 Å². The molecule has 3 aliphatic carbocycles. The second-order valence-corrected chi connectivity index (χ2v) is 5.98. The van der Waals surface area contributed by atoms with Crippen molar-refractivity contribution in [2.45, 2.75) is 25.3 Å². The van der Waals surface area contributed by atoms with E-state index in [-0.39, 0.29) is 17.3 Å². The zero-order valence-electron chi connectivity index (χ0n) is 10.8. The zero-order chi connectivity index (χ0) is 13.9. The second-order valence-electron chi connectivity index (χ2n) is 5.98. The molecular formula is C12H16N6O2. The molecule has 3 saturated carbocycles. The smallest absolute Gasteiger partial charge is 0.354 e. The minimum absolute atomic E-state index is 0.0429. The molecule has 1 aromatic heterocycles. The molecule has 0 aromatic carbocycles. The van der Waals surface area contributed by atoms with Gasteiger partial charge in [0.05, 0.1) is 4.92 Å². The molecule has 0 amide bonds. The van der Waals surface area contributed by atoms with Crippen LogP contribution in [0.1, 0.15) is 19.3 Å². The van der Waals surface area contributed by atoms with Crippen molar-refractivity contribution in [1.82, 2.24) is 9.97 Å². The summed E-state index contributed by atoms with van der Waals surface area (Å²) in [6.45, 7) is 0. The molecule has 1 aromatic rings. The number of nitrogens with one attached hydrogen (secondary N) is 2. The number of hydrogen-bond acceptors (Lipinski definition) is 7. The molecule has 8 nitrogen and oxygen atoms in total. The largest absolute Gasteiger partial charge is 0.361 e. The van der Waals surface area contributed by atoms with Gasteiger partial charge in [0.15, 0.2) is 0 Å². The van der Waals surface area contributed by atoms with Crippen LogP contribution in [0.25, 0.3) is 0 Å². The summed E-state index contributed by atoms with van der Waals surface area (Å²) in [5.41, 5.74) is 2.08. The maximum absolute atomic E-state index is 11.2. The highest BCUT2D eigenvalue weighted by Gasteiger charge is 2.65. The molecule has 0 aliphatic heterocycles. The summed E-state index contributed by atoms with van der Waals surface area (Å²) in [6.07, 6.45) is 5.25. The standard InChI is InChI=1S/C12H16N6O2/c13-17-12-10(18(19)20)11(14-4-15-12)16-9-7-5-1-2-6(3-5)8(7)9/h4-9H,1-3,13H2,(H2,14,15,16,17). The quantitative estimate of drug-likeness (QED) is 0.428. The molecule has 3 fully saturated rings. The average Bonchev–Trinajstić information content (AvgIpc) is 2.84. The Kier molecular flexibility index (Phi) is 2.38. The van der Waals surface area contributed by atoms with E-state index in [4.69, 9.17) is 5.84 Å². The van der Waals surface area contributed by atoms with Crippen LogP contribution >= 0.6 is 0 Å². The fourth-order valence-electron chi connectivity index (χ4n) is 4.44. The number of nitrogens with zero attached hydrogens (tertiary/aromatic N) is 3. The van der Waals surface area contributed by atoms with Gasteiger partial charge in [0, 0.05) is 6.04 Å². The summed E-state index contributed by atoms with van der Waals surface area (Å²) in [5, 5.41) is 14.4. The fourth-order valence-corrected chi connectivity index (χ4v) is 4.44. The van der Waals surface area contributed by atoms with Crippen molar-refractivity contribution in [2.24, 2.45) is 29.5 Å². The second kappa shape index (κ2) is 4.02. The minimum atomic E-state index is -0.496. The maximum atomic E-state index is 11.2. The molecule has 1 heterocycles. The van der Waals surface area contributed by atoms with Crippen molar-refractivity contribution in [3.8, 4) is 0 Å². The van der Waals surface area contributed by atoms with E-state index in [9.17, 15) is 10.1 Å². The Balaban J connectivity index is 1.60. The van der Waals surface area contributed by atoms with Crippen LogP contribution < -0.4 is 16.6 Å². The first-order valence-corrected chi connectivity index (χ1v) is 6.93. The summed E-state index contributed by atoms with van der Waals surface area (Å²) in [6, 6.07) is 0.334. The van der Waals surface area contributed by atoms with E-state index < -0.39 is 4.92 Å². The van der Waals surface area contributed by atoms with Crippen LogP contribution in [0.5, 0.6) is 0 Å². The fraction of sp³-hybridized carbons (Fsp3) is 0.667. The predicted octanol–water partition coefficient (Wildman–Crippen LogP) is 1.13. The Morgan fingerprint density at radius 1 is 1.25 bits per heavy atom. The number of fused-ring (bicyclic) bond motifs is 5. The SMILES string of the molecule is NNc1ncnc(NC2C3C4CCC(C4)C23)c1[N+](=O)[O-]. The molecule has 4 atom stereocenters. The van der Waals surface area contributed by atoms with Gasteiger partial charge in [-0.05, 0) is 42.9 Å². The van der Waals surface area contributed by atoms with Gasteiger partial charge in [0.2, 0.25) is 11.6 Å². The first-order chi connectivity index (χ1) is 9.70. The topological polar surface area (TPSA) is 119 Å². The number of rotatable bonds is 4. The summed E-state index contributed by atoms with van der Waals surface area (Å²) in [5.74, 6) is 8.55. The van der Waals surface area contributed by atoms with Crippen molar-refractivity contribution in [1.29, 1.82) is 0 Å².